The van der Waals surface area contributed by atoms with Gasteiger partial charge in [-0.15, -0.1) is 11.3 Å². The highest BCUT2D eigenvalue weighted by Crippen LogP contribution is 2.15. The van der Waals surface area contributed by atoms with Gasteiger partial charge in [0.1, 0.15) is 0 Å². The lowest BCUT2D eigenvalue weighted by molar-refractivity contribution is 0.174. The number of fused-ring (bicyclic) bond motifs is 1. The number of hydrogen-bond acceptors (Lipinski definition) is 3. The van der Waals surface area contributed by atoms with Crippen molar-refractivity contribution in [3.05, 3.63) is 58.9 Å². The third kappa shape index (κ3) is 2.69. The molecule has 3 nitrogen and oxygen atoms in total. The van der Waals surface area contributed by atoms with Crippen molar-refractivity contribution in [2.24, 2.45) is 0 Å². The summed E-state index contributed by atoms with van der Waals surface area (Å²) in [6.45, 7) is 2.08. The first-order chi connectivity index (χ1) is 9.22. The first kappa shape index (κ1) is 12.4. The molecule has 2 heterocycles. The van der Waals surface area contributed by atoms with Crippen molar-refractivity contribution in [1.29, 1.82) is 0 Å². The number of aromatic nitrogens is 2. The molecular weight excluding hydrogens is 256 g/mol. The molecule has 3 rings (SSSR count). The fraction of sp³-hybridized carbons (Fsp3) is 0.267. The second-order valence-corrected chi connectivity index (χ2v) is 5.69. The maximum atomic E-state index is 10.2. The quantitative estimate of drug-likeness (QED) is 0.793. The molecule has 1 atom stereocenters. The molecule has 19 heavy (non-hydrogen) atoms. The van der Waals surface area contributed by atoms with Crippen LogP contribution in [0, 0.1) is 6.92 Å². The van der Waals surface area contributed by atoms with E-state index in [2.05, 4.69) is 24.0 Å². The number of aliphatic hydroxyl groups is 1. The van der Waals surface area contributed by atoms with Crippen LogP contribution in [0.15, 0.2) is 42.0 Å². The van der Waals surface area contributed by atoms with Crippen LogP contribution in [-0.2, 0) is 12.8 Å². The Kier molecular flexibility index (Phi) is 3.36. The number of aryl methyl sites for hydroxylation is 1. The highest BCUT2D eigenvalue weighted by Gasteiger charge is 2.11. The third-order valence-electron chi connectivity index (χ3n) is 3.30. The molecule has 0 aliphatic rings. The predicted octanol–water partition coefficient (Wildman–Crippen LogP) is 2.85. The van der Waals surface area contributed by atoms with Crippen molar-refractivity contribution in [3.63, 3.8) is 0 Å². The van der Waals surface area contributed by atoms with Gasteiger partial charge >= 0.3 is 0 Å². The Balaban J connectivity index is 1.70. The van der Waals surface area contributed by atoms with E-state index in [1.165, 1.54) is 11.1 Å². The van der Waals surface area contributed by atoms with Gasteiger partial charge < -0.3 is 5.11 Å². The fourth-order valence-electron chi connectivity index (χ4n) is 2.28. The zero-order valence-electron chi connectivity index (χ0n) is 10.8. The maximum Gasteiger partial charge on any atom is 0.193 e. The molecule has 1 aromatic carbocycles. The first-order valence-electron chi connectivity index (χ1n) is 6.36. The summed E-state index contributed by atoms with van der Waals surface area (Å²) in [5, 5.41) is 12.2. The second kappa shape index (κ2) is 5.15. The molecule has 0 saturated carbocycles. The number of aliphatic hydroxyl groups excluding tert-OH is 1. The first-order valence-corrected chi connectivity index (χ1v) is 7.24. The Labute approximate surface area is 116 Å². The number of hydrogen-bond donors (Lipinski definition) is 1. The van der Waals surface area contributed by atoms with E-state index in [9.17, 15) is 5.11 Å². The highest BCUT2D eigenvalue weighted by atomic mass is 32.1. The standard InChI is InChI=1S/C15H16N2OS/c1-11-4-2-3-5-12(11)8-14(18)9-13-10-17-6-7-19-15(17)16-13/h2-7,10,14,18H,8-9H2,1H3. The Morgan fingerprint density at radius 2 is 2.16 bits per heavy atom. The van der Waals surface area contributed by atoms with Crippen LogP contribution in [0.1, 0.15) is 16.8 Å². The van der Waals surface area contributed by atoms with E-state index >= 15 is 0 Å². The van der Waals surface area contributed by atoms with Crippen molar-refractivity contribution < 1.29 is 5.11 Å². The zero-order valence-corrected chi connectivity index (χ0v) is 11.6. The van der Waals surface area contributed by atoms with Crippen molar-refractivity contribution >= 4 is 16.3 Å². The van der Waals surface area contributed by atoms with E-state index in [4.69, 9.17) is 0 Å². The minimum atomic E-state index is -0.384. The molecule has 0 radical (unpaired) electrons. The van der Waals surface area contributed by atoms with Gasteiger partial charge in [0.2, 0.25) is 0 Å². The molecule has 1 unspecified atom stereocenters. The van der Waals surface area contributed by atoms with Crippen LogP contribution < -0.4 is 0 Å². The summed E-state index contributed by atoms with van der Waals surface area (Å²) in [4.78, 5) is 5.48. The SMILES string of the molecule is Cc1ccccc1CC(O)Cc1cn2ccsc2n1. The van der Waals surface area contributed by atoms with Crippen molar-refractivity contribution in [2.45, 2.75) is 25.9 Å². The minimum Gasteiger partial charge on any atom is -0.392 e. The van der Waals surface area contributed by atoms with Crippen molar-refractivity contribution in [1.82, 2.24) is 9.38 Å². The highest BCUT2D eigenvalue weighted by molar-refractivity contribution is 7.15. The normalized spacial score (nSPS) is 12.9. The van der Waals surface area contributed by atoms with Gasteiger partial charge in [-0.2, -0.15) is 0 Å². The van der Waals surface area contributed by atoms with Crippen LogP contribution >= 0.6 is 11.3 Å². The van der Waals surface area contributed by atoms with E-state index in [-0.39, 0.29) is 6.10 Å². The predicted molar refractivity (Wildman–Crippen MR) is 77.7 cm³/mol. The molecule has 0 aliphatic carbocycles. The smallest absolute Gasteiger partial charge is 0.193 e. The van der Waals surface area contributed by atoms with Gasteiger partial charge in [-0.3, -0.25) is 4.40 Å². The average molecular weight is 272 g/mol. The lowest BCUT2D eigenvalue weighted by Gasteiger charge is -2.11. The summed E-state index contributed by atoms with van der Waals surface area (Å²) in [5.41, 5.74) is 3.39. The molecule has 3 aromatic rings. The van der Waals surface area contributed by atoms with E-state index < -0.39 is 0 Å². The number of thiazole rings is 1. The molecule has 0 aliphatic heterocycles. The van der Waals surface area contributed by atoms with E-state index in [0.29, 0.717) is 12.8 Å². The fourth-order valence-corrected chi connectivity index (χ4v) is 3.00. The van der Waals surface area contributed by atoms with E-state index in [0.717, 1.165) is 10.7 Å². The molecule has 0 spiro atoms. The topological polar surface area (TPSA) is 37.5 Å². The van der Waals surface area contributed by atoms with Gasteiger partial charge in [0.05, 0.1) is 11.8 Å². The molecule has 4 heteroatoms. The van der Waals surface area contributed by atoms with Gasteiger partial charge in [-0.1, -0.05) is 24.3 Å². The van der Waals surface area contributed by atoms with Gasteiger partial charge in [-0.25, -0.2) is 4.98 Å². The van der Waals surface area contributed by atoms with E-state index in [1.54, 1.807) is 11.3 Å². The van der Waals surface area contributed by atoms with Crippen LogP contribution in [0.25, 0.3) is 4.96 Å². The molecule has 0 fully saturated rings. The molecule has 98 valence electrons. The Bertz CT molecular complexity index is 658. The van der Waals surface area contributed by atoms with E-state index in [1.807, 2.05) is 34.3 Å². The lowest BCUT2D eigenvalue weighted by Crippen LogP contribution is -2.14. The molecular formula is C15H16N2OS. The summed E-state index contributed by atoms with van der Waals surface area (Å²) < 4.78 is 2.00. The summed E-state index contributed by atoms with van der Waals surface area (Å²) >= 11 is 1.61. The molecule has 0 saturated heterocycles. The average Bonchev–Trinajstić information content (AvgIpc) is 2.92. The Hall–Kier alpha value is -1.65. The van der Waals surface area contributed by atoms with Gasteiger partial charge in [0.25, 0.3) is 0 Å². The summed E-state index contributed by atoms with van der Waals surface area (Å²) in [7, 11) is 0. The van der Waals surface area contributed by atoms with Crippen LogP contribution in [0.2, 0.25) is 0 Å². The van der Waals surface area contributed by atoms with Gasteiger partial charge in [0.15, 0.2) is 4.96 Å². The Morgan fingerprint density at radius 1 is 1.32 bits per heavy atom. The van der Waals surface area contributed by atoms with Crippen LogP contribution in [0.4, 0.5) is 0 Å². The molecule has 0 bridgehead atoms. The second-order valence-electron chi connectivity index (χ2n) is 4.81. The minimum absolute atomic E-state index is 0.384. The van der Waals surface area contributed by atoms with Crippen LogP contribution in [0.5, 0.6) is 0 Å². The summed E-state index contributed by atoms with van der Waals surface area (Å²) in [6.07, 6.45) is 4.88. The van der Waals surface area contributed by atoms with Crippen LogP contribution in [-0.4, -0.2) is 20.6 Å². The third-order valence-corrected chi connectivity index (χ3v) is 4.08. The van der Waals surface area contributed by atoms with Crippen LogP contribution in [0.3, 0.4) is 0 Å². The molecule has 1 N–H and O–H groups in total. The number of nitrogens with zero attached hydrogens (tertiary/aromatic N) is 2. The summed E-state index contributed by atoms with van der Waals surface area (Å²) in [5.74, 6) is 0. The Morgan fingerprint density at radius 3 is 2.95 bits per heavy atom. The number of benzene rings is 1. The monoisotopic (exact) mass is 272 g/mol. The zero-order chi connectivity index (χ0) is 13.2. The summed E-state index contributed by atoms with van der Waals surface area (Å²) in [6, 6.07) is 8.19. The van der Waals surface area contributed by atoms with Gasteiger partial charge in [-0.05, 0) is 24.5 Å². The van der Waals surface area contributed by atoms with Gasteiger partial charge in [0, 0.05) is 24.2 Å². The largest absolute Gasteiger partial charge is 0.392 e. The molecule has 0 amide bonds. The maximum absolute atomic E-state index is 10.2. The number of rotatable bonds is 4. The van der Waals surface area contributed by atoms with Crippen molar-refractivity contribution in [2.75, 3.05) is 0 Å². The van der Waals surface area contributed by atoms with Crippen molar-refractivity contribution in [3.8, 4) is 0 Å². The molecule has 2 aromatic heterocycles. The number of imidazole rings is 1. The lowest BCUT2D eigenvalue weighted by atomic mass is 10.0.